The highest BCUT2D eigenvalue weighted by Gasteiger charge is 2.08. The highest BCUT2D eigenvalue weighted by Crippen LogP contribution is 2.09. The number of aryl methyl sites for hydroxylation is 2. The van der Waals surface area contributed by atoms with E-state index in [4.69, 9.17) is 0 Å². The second kappa shape index (κ2) is 5.04. The van der Waals surface area contributed by atoms with E-state index < -0.39 is 0 Å². The zero-order valence-corrected chi connectivity index (χ0v) is 10.4. The molecule has 0 saturated heterocycles. The fourth-order valence-electron chi connectivity index (χ4n) is 1.79. The van der Waals surface area contributed by atoms with Gasteiger partial charge in [0.1, 0.15) is 11.5 Å². The van der Waals surface area contributed by atoms with E-state index in [2.05, 4.69) is 5.32 Å². The first-order valence-corrected chi connectivity index (χ1v) is 5.72. The third kappa shape index (κ3) is 2.59. The number of nitrogens with zero attached hydrogens (tertiary/aromatic N) is 1. The Kier molecular flexibility index (Phi) is 3.46. The summed E-state index contributed by atoms with van der Waals surface area (Å²) in [4.78, 5) is 11.8. The van der Waals surface area contributed by atoms with Gasteiger partial charge < -0.3 is 9.88 Å². The Bertz CT molecular complexity index is 575. The van der Waals surface area contributed by atoms with Gasteiger partial charge in [-0.3, -0.25) is 4.79 Å². The Balaban J connectivity index is 2.02. The normalized spacial score (nSPS) is 10.4. The monoisotopic (exact) mass is 246 g/mol. The summed E-state index contributed by atoms with van der Waals surface area (Å²) in [6, 6.07) is 8.40. The Hall–Kier alpha value is -2.10. The molecule has 1 heterocycles. The van der Waals surface area contributed by atoms with Gasteiger partial charge in [-0.2, -0.15) is 0 Å². The summed E-state index contributed by atoms with van der Waals surface area (Å²) in [6.45, 7) is 2.10. The van der Waals surface area contributed by atoms with Gasteiger partial charge in [0.25, 0.3) is 5.91 Å². The van der Waals surface area contributed by atoms with Crippen molar-refractivity contribution in [3.63, 3.8) is 0 Å². The average Bonchev–Trinajstić information content (AvgIpc) is 2.77. The molecule has 0 spiro atoms. The van der Waals surface area contributed by atoms with Gasteiger partial charge in [0.05, 0.1) is 0 Å². The van der Waals surface area contributed by atoms with Crippen molar-refractivity contribution in [1.29, 1.82) is 0 Å². The number of amides is 1. The van der Waals surface area contributed by atoms with Gasteiger partial charge in [0.15, 0.2) is 0 Å². The molecule has 4 heteroatoms. The number of aromatic nitrogens is 1. The molecule has 1 N–H and O–H groups in total. The Labute approximate surface area is 105 Å². The summed E-state index contributed by atoms with van der Waals surface area (Å²) in [5.41, 5.74) is 2.07. The highest BCUT2D eigenvalue weighted by atomic mass is 19.1. The van der Waals surface area contributed by atoms with Gasteiger partial charge >= 0.3 is 0 Å². The lowest BCUT2D eigenvalue weighted by Gasteiger charge is -2.07. The molecule has 94 valence electrons. The lowest BCUT2D eigenvalue weighted by atomic mass is 10.1. The molecule has 1 aromatic carbocycles. The van der Waals surface area contributed by atoms with Crippen molar-refractivity contribution in [2.75, 3.05) is 0 Å². The predicted molar refractivity (Wildman–Crippen MR) is 67.7 cm³/mol. The predicted octanol–water partition coefficient (Wildman–Crippen LogP) is 2.40. The molecule has 18 heavy (non-hydrogen) atoms. The van der Waals surface area contributed by atoms with Crippen LogP contribution in [0.5, 0.6) is 0 Å². The number of benzene rings is 1. The number of halogens is 1. The van der Waals surface area contributed by atoms with Crippen molar-refractivity contribution in [1.82, 2.24) is 9.88 Å². The average molecular weight is 246 g/mol. The number of carbonyl (C=O) groups excluding carboxylic acids is 1. The van der Waals surface area contributed by atoms with Crippen LogP contribution in [0, 0.1) is 12.7 Å². The number of rotatable bonds is 3. The molecular weight excluding hydrogens is 231 g/mol. The summed E-state index contributed by atoms with van der Waals surface area (Å²) in [5.74, 6) is -0.364. The van der Waals surface area contributed by atoms with Gasteiger partial charge in [0.2, 0.25) is 0 Å². The first kappa shape index (κ1) is 12.4. The number of nitrogens with one attached hydrogen (secondary N) is 1. The van der Waals surface area contributed by atoms with Crippen molar-refractivity contribution in [3.05, 3.63) is 59.2 Å². The quantitative estimate of drug-likeness (QED) is 0.886. The van der Waals surface area contributed by atoms with E-state index in [1.54, 1.807) is 29.7 Å². The maximum Gasteiger partial charge on any atom is 0.268 e. The molecule has 0 unspecified atom stereocenters. The Morgan fingerprint density at radius 2 is 2.17 bits per heavy atom. The van der Waals surface area contributed by atoms with E-state index in [0.29, 0.717) is 17.8 Å². The SMILES string of the molecule is Cc1cc(CNC(=O)c2cccn2C)ccc1F. The van der Waals surface area contributed by atoms with Crippen LogP contribution in [-0.4, -0.2) is 10.5 Å². The zero-order valence-electron chi connectivity index (χ0n) is 10.4. The minimum Gasteiger partial charge on any atom is -0.347 e. The minimum absolute atomic E-state index is 0.135. The van der Waals surface area contributed by atoms with E-state index in [0.717, 1.165) is 5.56 Å². The van der Waals surface area contributed by atoms with Crippen LogP contribution in [0.4, 0.5) is 4.39 Å². The molecule has 2 aromatic rings. The molecule has 0 atom stereocenters. The first-order valence-electron chi connectivity index (χ1n) is 5.72. The van der Waals surface area contributed by atoms with E-state index in [1.165, 1.54) is 6.07 Å². The van der Waals surface area contributed by atoms with Crippen molar-refractivity contribution < 1.29 is 9.18 Å². The van der Waals surface area contributed by atoms with Crippen molar-refractivity contribution in [2.45, 2.75) is 13.5 Å². The highest BCUT2D eigenvalue weighted by molar-refractivity contribution is 5.92. The van der Waals surface area contributed by atoms with Crippen LogP contribution in [0.1, 0.15) is 21.6 Å². The summed E-state index contributed by atoms with van der Waals surface area (Å²) in [5, 5.41) is 2.81. The van der Waals surface area contributed by atoms with E-state index in [1.807, 2.05) is 19.3 Å². The van der Waals surface area contributed by atoms with Crippen LogP contribution in [0.25, 0.3) is 0 Å². The number of carbonyl (C=O) groups is 1. The van der Waals surface area contributed by atoms with Crippen LogP contribution in [0.15, 0.2) is 36.5 Å². The van der Waals surface area contributed by atoms with Gasteiger partial charge in [-0.25, -0.2) is 4.39 Å². The largest absolute Gasteiger partial charge is 0.347 e. The van der Waals surface area contributed by atoms with Crippen molar-refractivity contribution in [2.24, 2.45) is 7.05 Å². The summed E-state index contributed by atoms with van der Waals surface area (Å²) >= 11 is 0. The first-order chi connectivity index (χ1) is 8.58. The lowest BCUT2D eigenvalue weighted by molar-refractivity contribution is 0.0943. The topological polar surface area (TPSA) is 34.0 Å². The molecule has 0 aliphatic heterocycles. The molecule has 0 fully saturated rings. The minimum atomic E-state index is -0.229. The molecule has 2 rings (SSSR count). The van der Waals surface area contributed by atoms with Crippen LogP contribution in [0.2, 0.25) is 0 Å². The third-order valence-corrected chi connectivity index (χ3v) is 2.85. The molecule has 0 aliphatic carbocycles. The Morgan fingerprint density at radius 1 is 1.39 bits per heavy atom. The lowest BCUT2D eigenvalue weighted by Crippen LogP contribution is -2.24. The molecule has 0 aliphatic rings. The van der Waals surface area contributed by atoms with Gasteiger partial charge in [-0.1, -0.05) is 12.1 Å². The number of hydrogen-bond donors (Lipinski definition) is 1. The van der Waals surface area contributed by atoms with Gasteiger partial charge in [-0.05, 0) is 36.2 Å². The van der Waals surface area contributed by atoms with Crippen molar-refractivity contribution >= 4 is 5.91 Å². The zero-order chi connectivity index (χ0) is 13.1. The molecular formula is C14H15FN2O. The summed E-state index contributed by atoms with van der Waals surface area (Å²) in [7, 11) is 1.82. The van der Waals surface area contributed by atoms with E-state index in [-0.39, 0.29) is 11.7 Å². The fraction of sp³-hybridized carbons (Fsp3) is 0.214. The molecule has 1 amide bonds. The summed E-state index contributed by atoms with van der Waals surface area (Å²) in [6.07, 6.45) is 1.82. The third-order valence-electron chi connectivity index (χ3n) is 2.85. The summed E-state index contributed by atoms with van der Waals surface area (Å²) < 4.78 is 14.8. The van der Waals surface area contributed by atoms with Crippen LogP contribution < -0.4 is 5.32 Å². The second-order valence-electron chi connectivity index (χ2n) is 4.27. The number of hydrogen-bond acceptors (Lipinski definition) is 1. The van der Waals surface area contributed by atoms with Crippen LogP contribution in [-0.2, 0) is 13.6 Å². The molecule has 3 nitrogen and oxygen atoms in total. The maximum atomic E-state index is 13.1. The van der Waals surface area contributed by atoms with Gasteiger partial charge in [-0.15, -0.1) is 0 Å². The molecule has 0 radical (unpaired) electrons. The van der Waals surface area contributed by atoms with Crippen molar-refractivity contribution in [3.8, 4) is 0 Å². The second-order valence-corrected chi connectivity index (χ2v) is 4.27. The van der Waals surface area contributed by atoms with E-state index >= 15 is 0 Å². The van der Waals surface area contributed by atoms with Crippen LogP contribution >= 0.6 is 0 Å². The molecule has 0 bridgehead atoms. The molecule has 1 aromatic heterocycles. The maximum absolute atomic E-state index is 13.1. The van der Waals surface area contributed by atoms with E-state index in [9.17, 15) is 9.18 Å². The smallest absolute Gasteiger partial charge is 0.268 e. The van der Waals surface area contributed by atoms with Gasteiger partial charge in [0, 0.05) is 19.8 Å². The molecule has 0 saturated carbocycles. The fourth-order valence-corrected chi connectivity index (χ4v) is 1.79. The standard InChI is InChI=1S/C14H15FN2O/c1-10-8-11(5-6-12(10)15)9-16-14(18)13-4-3-7-17(13)2/h3-8H,9H2,1-2H3,(H,16,18). The van der Waals surface area contributed by atoms with Crippen LogP contribution in [0.3, 0.4) is 0 Å². The Morgan fingerprint density at radius 3 is 2.78 bits per heavy atom.